The molecular formula is C16H13F2N3O2S2. The number of benzene rings is 1. The van der Waals surface area contributed by atoms with E-state index in [1.807, 2.05) is 12.3 Å². The highest BCUT2D eigenvalue weighted by molar-refractivity contribution is 7.99. The standard InChI is InChI=1S/C16H13F2N3O2S2/c1-9-6-25-16-19-11(5-15(23)21(9)16)7-24-8-14(22)20-13-4-10(17)2-3-12(13)18/h2-6H,7-8H2,1H3,(H,20,22). The smallest absolute Gasteiger partial charge is 0.258 e. The molecule has 0 fully saturated rings. The van der Waals surface area contributed by atoms with Gasteiger partial charge in [0.05, 0.1) is 17.1 Å². The van der Waals surface area contributed by atoms with Crippen molar-refractivity contribution in [3.63, 3.8) is 0 Å². The lowest BCUT2D eigenvalue weighted by molar-refractivity contribution is -0.113. The summed E-state index contributed by atoms with van der Waals surface area (Å²) in [4.78, 5) is 28.9. The van der Waals surface area contributed by atoms with Gasteiger partial charge in [-0.15, -0.1) is 23.1 Å². The lowest BCUT2D eigenvalue weighted by atomic mass is 10.3. The van der Waals surface area contributed by atoms with Crippen LogP contribution >= 0.6 is 23.1 Å². The predicted molar refractivity (Wildman–Crippen MR) is 95.2 cm³/mol. The molecule has 0 aliphatic carbocycles. The third-order valence-corrected chi connectivity index (χ3v) is 5.22. The first-order valence-corrected chi connectivity index (χ1v) is 9.27. The number of aromatic nitrogens is 2. The van der Waals surface area contributed by atoms with Gasteiger partial charge in [0.2, 0.25) is 5.91 Å². The normalized spacial score (nSPS) is 11.0. The zero-order valence-corrected chi connectivity index (χ0v) is 14.7. The quantitative estimate of drug-likeness (QED) is 0.737. The Labute approximate surface area is 149 Å². The molecule has 0 spiro atoms. The molecule has 9 heteroatoms. The van der Waals surface area contributed by atoms with E-state index in [1.54, 1.807) is 0 Å². The highest BCUT2D eigenvalue weighted by Crippen LogP contribution is 2.17. The van der Waals surface area contributed by atoms with Gasteiger partial charge in [-0.25, -0.2) is 13.8 Å². The number of hydrogen-bond donors (Lipinski definition) is 1. The van der Waals surface area contributed by atoms with Crippen LogP contribution in [-0.4, -0.2) is 21.0 Å². The second kappa shape index (κ2) is 7.32. The van der Waals surface area contributed by atoms with Gasteiger partial charge in [0.1, 0.15) is 11.6 Å². The Morgan fingerprint density at radius 3 is 2.96 bits per heavy atom. The van der Waals surface area contributed by atoms with E-state index in [0.29, 0.717) is 16.4 Å². The molecule has 1 aromatic carbocycles. The van der Waals surface area contributed by atoms with Crippen molar-refractivity contribution in [3.8, 4) is 0 Å². The second-order valence-electron chi connectivity index (χ2n) is 5.25. The molecule has 0 saturated heterocycles. The minimum atomic E-state index is -0.701. The van der Waals surface area contributed by atoms with E-state index in [1.165, 1.54) is 33.6 Å². The fourth-order valence-corrected chi connectivity index (χ4v) is 3.81. The molecule has 0 unspecified atom stereocenters. The Balaban J connectivity index is 1.60. The maximum atomic E-state index is 13.5. The monoisotopic (exact) mass is 381 g/mol. The van der Waals surface area contributed by atoms with Crippen molar-refractivity contribution >= 4 is 39.7 Å². The molecule has 0 aliphatic rings. The van der Waals surface area contributed by atoms with Crippen molar-refractivity contribution in [2.75, 3.05) is 11.1 Å². The molecule has 0 radical (unpaired) electrons. The molecule has 0 aliphatic heterocycles. The van der Waals surface area contributed by atoms with Gasteiger partial charge in [-0.05, 0) is 19.1 Å². The van der Waals surface area contributed by atoms with Crippen LogP contribution in [0.25, 0.3) is 4.96 Å². The number of thiazole rings is 1. The highest BCUT2D eigenvalue weighted by Gasteiger charge is 2.10. The second-order valence-corrected chi connectivity index (χ2v) is 7.07. The average molecular weight is 381 g/mol. The van der Waals surface area contributed by atoms with E-state index in [0.717, 1.165) is 23.9 Å². The molecule has 3 aromatic rings. The minimum absolute atomic E-state index is 0.0282. The lowest BCUT2D eigenvalue weighted by Crippen LogP contribution is -2.16. The molecule has 1 amide bonds. The number of amides is 1. The Morgan fingerprint density at radius 1 is 1.36 bits per heavy atom. The van der Waals surface area contributed by atoms with Gasteiger partial charge in [-0.1, -0.05) is 0 Å². The number of halogens is 2. The summed E-state index contributed by atoms with van der Waals surface area (Å²) in [5.41, 5.74) is 1.04. The fraction of sp³-hybridized carbons (Fsp3) is 0.188. The summed E-state index contributed by atoms with van der Waals surface area (Å²) in [7, 11) is 0. The van der Waals surface area contributed by atoms with Crippen molar-refractivity contribution in [2.24, 2.45) is 0 Å². The third-order valence-electron chi connectivity index (χ3n) is 3.31. The largest absolute Gasteiger partial charge is 0.323 e. The van der Waals surface area contributed by atoms with Gasteiger partial charge < -0.3 is 5.32 Å². The number of anilines is 1. The van der Waals surface area contributed by atoms with E-state index >= 15 is 0 Å². The van der Waals surface area contributed by atoms with Crippen molar-refractivity contribution in [3.05, 3.63) is 63.0 Å². The van der Waals surface area contributed by atoms with Crippen LogP contribution in [0.2, 0.25) is 0 Å². The summed E-state index contributed by atoms with van der Waals surface area (Å²) in [6.07, 6.45) is 0. The average Bonchev–Trinajstić information content (AvgIpc) is 2.92. The molecule has 2 aromatic heterocycles. The van der Waals surface area contributed by atoms with Crippen molar-refractivity contribution < 1.29 is 13.6 Å². The first kappa shape index (κ1) is 17.6. The first-order valence-electron chi connectivity index (χ1n) is 7.23. The summed E-state index contributed by atoms with van der Waals surface area (Å²) >= 11 is 2.61. The van der Waals surface area contributed by atoms with Crippen LogP contribution in [0.4, 0.5) is 14.5 Å². The highest BCUT2D eigenvalue weighted by atomic mass is 32.2. The van der Waals surface area contributed by atoms with E-state index in [-0.39, 0.29) is 17.0 Å². The number of rotatable bonds is 5. The van der Waals surface area contributed by atoms with Gasteiger partial charge in [-0.2, -0.15) is 0 Å². The van der Waals surface area contributed by atoms with E-state index in [2.05, 4.69) is 10.3 Å². The number of nitrogens with zero attached hydrogens (tertiary/aromatic N) is 2. The van der Waals surface area contributed by atoms with Gasteiger partial charge in [0, 0.05) is 29.0 Å². The number of fused-ring (bicyclic) bond motifs is 1. The molecule has 3 rings (SSSR count). The molecule has 130 valence electrons. The minimum Gasteiger partial charge on any atom is -0.323 e. The fourth-order valence-electron chi connectivity index (χ4n) is 2.20. The Bertz CT molecular complexity index is 1000. The molecule has 0 bridgehead atoms. The van der Waals surface area contributed by atoms with Crippen LogP contribution in [0.3, 0.4) is 0 Å². The van der Waals surface area contributed by atoms with Crippen molar-refractivity contribution in [1.29, 1.82) is 0 Å². The number of thioether (sulfide) groups is 1. The zero-order chi connectivity index (χ0) is 18.0. The summed E-state index contributed by atoms with van der Waals surface area (Å²) in [5, 5.41) is 4.17. The van der Waals surface area contributed by atoms with Crippen molar-refractivity contribution in [1.82, 2.24) is 9.38 Å². The van der Waals surface area contributed by atoms with Gasteiger partial charge >= 0.3 is 0 Å². The lowest BCUT2D eigenvalue weighted by Gasteiger charge is -2.06. The van der Waals surface area contributed by atoms with Gasteiger partial charge in [0.25, 0.3) is 5.56 Å². The van der Waals surface area contributed by atoms with Crippen LogP contribution in [0.5, 0.6) is 0 Å². The number of nitrogens with one attached hydrogen (secondary N) is 1. The molecular weight excluding hydrogens is 368 g/mol. The SMILES string of the molecule is Cc1csc2nc(CSCC(=O)Nc3cc(F)ccc3F)cc(=O)n12. The summed E-state index contributed by atoms with van der Waals surface area (Å²) in [6, 6.07) is 4.29. The Kier molecular flexibility index (Phi) is 5.14. The van der Waals surface area contributed by atoms with Crippen LogP contribution in [0, 0.1) is 18.6 Å². The maximum Gasteiger partial charge on any atom is 0.258 e. The van der Waals surface area contributed by atoms with E-state index < -0.39 is 17.5 Å². The molecule has 0 saturated carbocycles. The first-order chi connectivity index (χ1) is 11.9. The third kappa shape index (κ3) is 4.05. The molecule has 25 heavy (non-hydrogen) atoms. The van der Waals surface area contributed by atoms with Gasteiger partial charge in [-0.3, -0.25) is 14.0 Å². The molecule has 2 heterocycles. The number of carbonyl (C=O) groups excluding carboxylic acids is 1. The van der Waals surface area contributed by atoms with Crippen LogP contribution < -0.4 is 10.9 Å². The molecule has 5 nitrogen and oxygen atoms in total. The van der Waals surface area contributed by atoms with Crippen molar-refractivity contribution in [2.45, 2.75) is 12.7 Å². The zero-order valence-electron chi connectivity index (χ0n) is 13.1. The van der Waals surface area contributed by atoms with Crippen LogP contribution in [0.15, 0.2) is 34.4 Å². The number of carbonyl (C=O) groups is 1. The van der Waals surface area contributed by atoms with Crippen LogP contribution in [-0.2, 0) is 10.5 Å². The number of hydrogen-bond acceptors (Lipinski definition) is 5. The summed E-state index contributed by atoms with van der Waals surface area (Å²) in [5.74, 6) is -1.40. The van der Waals surface area contributed by atoms with Crippen LogP contribution in [0.1, 0.15) is 11.4 Å². The Morgan fingerprint density at radius 2 is 2.16 bits per heavy atom. The predicted octanol–water partition coefficient (Wildman–Crippen LogP) is 3.21. The van der Waals surface area contributed by atoms with E-state index in [4.69, 9.17) is 0 Å². The Hall–Kier alpha value is -2.26. The summed E-state index contributed by atoms with van der Waals surface area (Å²) < 4.78 is 28.1. The van der Waals surface area contributed by atoms with Gasteiger partial charge in [0.15, 0.2) is 4.96 Å². The number of aryl methyl sites for hydroxylation is 1. The maximum absolute atomic E-state index is 13.5. The molecule has 0 atom stereocenters. The van der Waals surface area contributed by atoms with E-state index in [9.17, 15) is 18.4 Å². The summed E-state index contributed by atoms with van der Waals surface area (Å²) in [6.45, 7) is 1.83. The topological polar surface area (TPSA) is 63.5 Å². The molecule has 1 N–H and O–H groups in total.